The molecular weight excluding hydrogens is 1260 g/mol. The van der Waals surface area contributed by atoms with E-state index in [0.29, 0.717) is 111 Å². The van der Waals surface area contributed by atoms with Crippen LogP contribution >= 0.6 is 0 Å². The molecule has 2 aromatic carbocycles. The van der Waals surface area contributed by atoms with Gasteiger partial charge in [-0.3, -0.25) is 24.0 Å². The van der Waals surface area contributed by atoms with Gasteiger partial charge in [0.05, 0.1) is 61.2 Å². The summed E-state index contributed by atoms with van der Waals surface area (Å²) in [5.74, 6) is -2.64. The zero-order chi connectivity index (χ0) is 67.6. The molecule has 0 bridgehead atoms. The van der Waals surface area contributed by atoms with Gasteiger partial charge in [-0.25, -0.2) is 46.1 Å². The third-order valence-electron chi connectivity index (χ3n) is 15.5. The second-order valence-corrected chi connectivity index (χ2v) is 26.7. The van der Waals surface area contributed by atoms with E-state index in [0.717, 1.165) is 22.8 Å². The highest BCUT2D eigenvalue weighted by molar-refractivity contribution is 7.90. The monoisotopic (exact) mass is 1340 g/mol. The SMILES string of the molecule is CC[C@@]1(OC(=O)OCc2ccc(NC(=O)[C@H](CCCCN)NC(=O)COCC(=O)NCCCOCCn3cc(CNC(=O)CCC/C=C\c4cnc(S(C)(=O)=O)nc4)nn3)cc2)C(=O)OCc2c1cc1n(c2=O)Cc2c-1nc1ccccc1c2CCN(C(C)C)S(C)(=O)=O. The van der Waals surface area contributed by atoms with Gasteiger partial charge in [0, 0.05) is 78.6 Å². The summed E-state index contributed by atoms with van der Waals surface area (Å²) in [5.41, 5.74) is 8.56. The number of carbonyl (C=O) groups is 6. The average Bonchev–Trinajstić information content (AvgIpc) is 1.47. The molecule has 4 amide bonds. The molecule has 8 rings (SSSR count). The Balaban J connectivity index is 0.736. The first kappa shape index (κ1) is 71.0. The standard InChI is InChI=1S/C63H79N13O16S2/c1-6-63(50-31-53-57-48(36-75(53)59(81)49(50)38-90-60(63)82)46(47-16-10-11-17-51(47)71-57)24-27-76(41(2)3)94(5,86)87)92-62(83)91-37-42-20-22-44(23-21-42)69-58(80)52(18-12-13-25-64)70-56(79)40-89-39-55(78)65-26-14-29-88-30-28-74-35-45(72-73-74)34-66-54(77)19-9-7-8-15-43-32-67-61(68-33-43)93(4,84)85/h8,10-11,15-17,20-23,31-33,35,41,52H,6-7,9,12-14,18-19,24-30,34,36-40,64H2,1-5H3,(H,65,78)(H,66,77)(H,69,80)(H,70,79)/b15-8-/t52-,63-/m0/s1. The van der Waals surface area contributed by atoms with Gasteiger partial charge in [-0.2, -0.15) is 4.31 Å². The van der Waals surface area contributed by atoms with E-state index in [1.54, 1.807) is 68.1 Å². The van der Waals surface area contributed by atoms with Gasteiger partial charge >= 0.3 is 12.1 Å². The minimum Gasteiger partial charge on any atom is -0.457 e. The highest BCUT2D eigenvalue weighted by atomic mass is 32.2. The molecule has 0 saturated carbocycles. The number of fused-ring (bicyclic) bond motifs is 5. The van der Waals surface area contributed by atoms with E-state index in [4.69, 9.17) is 34.4 Å². The number of unbranched alkanes of at least 4 members (excludes halogenated alkanes) is 2. The number of cyclic esters (lactones) is 1. The molecule has 0 fully saturated rings. The number of pyridine rings is 2. The van der Waals surface area contributed by atoms with Crippen LogP contribution in [0.1, 0.15) is 111 Å². The molecule has 29 nitrogen and oxygen atoms in total. The van der Waals surface area contributed by atoms with Crippen molar-refractivity contribution in [2.24, 2.45) is 5.73 Å². The largest absolute Gasteiger partial charge is 0.510 e. The van der Waals surface area contributed by atoms with Gasteiger partial charge in [0.1, 0.15) is 38.2 Å². The quantitative estimate of drug-likeness (QED) is 0.0215. The number of carbonyl (C=O) groups excluding carboxylic acids is 6. The number of aromatic nitrogens is 7. The predicted molar refractivity (Wildman–Crippen MR) is 343 cm³/mol. The molecule has 0 spiro atoms. The molecule has 0 aliphatic carbocycles. The van der Waals surface area contributed by atoms with Gasteiger partial charge in [0.2, 0.25) is 54.2 Å². The van der Waals surface area contributed by atoms with Crippen molar-refractivity contribution in [1.82, 2.24) is 54.8 Å². The van der Waals surface area contributed by atoms with Crippen LogP contribution < -0.4 is 32.6 Å². The van der Waals surface area contributed by atoms with Crippen LogP contribution in [0, 0.1) is 0 Å². The molecule has 6 heterocycles. The third-order valence-corrected chi connectivity index (χ3v) is 17.9. The lowest BCUT2D eigenvalue weighted by molar-refractivity contribution is -0.175. The van der Waals surface area contributed by atoms with E-state index in [1.165, 1.54) is 27.5 Å². The maximum Gasteiger partial charge on any atom is 0.510 e. The predicted octanol–water partition coefficient (Wildman–Crippen LogP) is 3.73. The number of sulfone groups is 1. The van der Waals surface area contributed by atoms with Crippen LogP contribution in [0.3, 0.4) is 0 Å². The van der Waals surface area contributed by atoms with Crippen LogP contribution in [0.15, 0.2) is 89.2 Å². The van der Waals surface area contributed by atoms with E-state index in [9.17, 15) is 50.4 Å². The minimum atomic E-state index is -3.54. The fourth-order valence-corrected chi connectivity index (χ4v) is 12.4. The zero-order valence-electron chi connectivity index (χ0n) is 53.1. The van der Waals surface area contributed by atoms with Gasteiger partial charge in [-0.1, -0.05) is 54.6 Å². The van der Waals surface area contributed by atoms with Crippen LogP contribution in [0.5, 0.6) is 0 Å². The first-order valence-corrected chi connectivity index (χ1v) is 34.6. The third kappa shape index (κ3) is 18.9. The number of nitrogens with two attached hydrogens (primary N) is 1. The summed E-state index contributed by atoms with van der Waals surface area (Å²) in [6.07, 6.45) is 12.7. The fraction of sp³-hybridized carbons (Fsp3) is 0.460. The number of nitrogens with zero attached hydrogens (tertiary/aromatic N) is 8. The lowest BCUT2D eigenvalue weighted by Crippen LogP contribution is -2.47. The van der Waals surface area contributed by atoms with Gasteiger partial charge in [0.15, 0.2) is 0 Å². The highest BCUT2D eigenvalue weighted by Crippen LogP contribution is 2.42. The number of hydrogen-bond acceptors (Lipinski definition) is 22. The van der Waals surface area contributed by atoms with E-state index < -0.39 is 80.1 Å². The van der Waals surface area contributed by atoms with Crippen molar-refractivity contribution in [3.63, 3.8) is 0 Å². The summed E-state index contributed by atoms with van der Waals surface area (Å²) in [6, 6.07) is 14.1. The maximum absolute atomic E-state index is 14.4. The maximum atomic E-state index is 14.4. The normalized spacial score (nSPS) is 14.7. The number of esters is 1. The Kier molecular flexibility index (Phi) is 24.8. The van der Waals surface area contributed by atoms with Gasteiger partial charge in [0.25, 0.3) is 5.56 Å². The molecule has 2 atom stereocenters. The number of sulfonamides is 1. The van der Waals surface area contributed by atoms with E-state index in [1.807, 2.05) is 30.3 Å². The van der Waals surface area contributed by atoms with Crippen molar-refractivity contribution in [3.8, 4) is 11.4 Å². The second-order valence-electron chi connectivity index (χ2n) is 22.9. The summed E-state index contributed by atoms with van der Waals surface area (Å²) in [7, 11) is -7.02. The van der Waals surface area contributed by atoms with Gasteiger partial charge in [-0.15, -0.1) is 5.10 Å². The fourth-order valence-electron chi connectivity index (χ4n) is 10.8. The minimum absolute atomic E-state index is 0.119. The van der Waals surface area contributed by atoms with E-state index in [2.05, 4.69) is 41.5 Å². The van der Waals surface area contributed by atoms with Crippen LogP contribution in [0.25, 0.3) is 28.4 Å². The number of nitrogens with one attached hydrogen (secondary N) is 4. The Morgan fingerprint density at radius 2 is 1.65 bits per heavy atom. The van der Waals surface area contributed by atoms with Crippen molar-refractivity contribution in [1.29, 1.82) is 0 Å². The first-order chi connectivity index (χ1) is 45.0. The molecular formula is C63H79N13O16S2. The number of amides is 4. The number of allylic oxidation sites excluding steroid dienone is 1. The van der Waals surface area contributed by atoms with Gasteiger partial charge < -0.3 is 55.3 Å². The summed E-state index contributed by atoms with van der Waals surface area (Å²) in [6.45, 7) is 5.88. The number of para-hydroxylation sites is 1. The number of anilines is 1. The number of ether oxygens (including phenoxy) is 5. The second kappa shape index (κ2) is 32.8. The summed E-state index contributed by atoms with van der Waals surface area (Å²) >= 11 is 0. The average molecular weight is 1340 g/mol. The molecule has 0 unspecified atom stereocenters. The smallest absolute Gasteiger partial charge is 0.457 e. The zero-order valence-corrected chi connectivity index (χ0v) is 54.7. The lowest BCUT2D eigenvalue weighted by Gasteiger charge is -2.35. The van der Waals surface area contributed by atoms with E-state index in [-0.39, 0.29) is 80.5 Å². The lowest BCUT2D eigenvalue weighted by atomic mass is 9.85. The topological polar surface area (TPSA) is 386 Å². The first-order valence-electron chi connectivity index (χ1n) is 30.8. The Labute approximate surface area is 543 Å². The molecule has 0 saturated heterocycles. The summed E-state index contributed by atoms with van der Waals surface area (Å²) in [5, 5.41) is 19.7. The van der Waals surface area contributed by atoms with Crippen molar-refractivity contribution < 1.29 is 69.3 Å². The number of hydrogen-bond donors (Lipinski definition) is 5. The molecule has 2 aliphatic rings. The molecule has 6 aromatic rings. The van der Waals surface area contributed by atoms with Crippen molar-refractivity contribution in [3.05, 3.63) is 129 Å². The van der Waals surface area contributed by atoms with Crippen molar-refractivity contribution in [2.45, 2.75) is 134 Å². The number of benzene rings is 2. The van der Waals surface area contributed by atoms with Crippen LogP contribution in [0.2, 0.25) is 0 Å². The molecule has 6 N–H and O–H groups in total. The Bertz CT molecular complexity index is 4030. The molecule has 0 radical (unpaired) electrons. The van der Waals surface area contributed by atoms with Crippen LogP contribution in [0.4, 0.5) is 10.5 Å². The van der Waals surface area contributed by atoms with Gasteiger partial charge in [-0.05, 0) is 107 Å². The molecule has 94 heavy (non-hydrogen) atoms. The number of rotatable bonds is 35. The Morgan fingerprint density at radius 3 is 2.37 bits per heavy atom. The van der Waals surface area contributed by atoms with E-state index >= 15 is 0 Å². The van der Waals surface area contributed by atoms with Crippen LogP contribution in [-0.2, 0) is 112 Å². The highest BCUT2D eigenvalue weighted by Gasteiger charge is 2.51. The summed E-state index contributed by atoms with van der Waals surface area (Å²) in [4.78, 5) is 106. The van der Waals surface area contributed by atoms with Crippen molar-refractivity contribution >= 4 is 78.3 Å². The molecule has 31 heteroatoms. The summed E-state index contributed by atoms with van der Waals surface area (Å²) < 4.78 is 81.0. The molecule has 4 aromatic heterocycles. The van der Waals surface area contributed by atoms with Crippen LogP contribution in [-0.4, -0.2) is 162 Å². The molecule has 504 valence electrons. The Morgan fingerprint density at radius 1 is 0.894 bits per heavy atom. The Hall–Kier alpha value is -8.88. The molecule has 2 aliphatic heterocycles. The van der Waals surface area contributed by atoms with Crippen molar-refractivity contribution in [2.75, 3.05) is 63.9 Å².